The summed E-state index contributed by atoms with van der Waals surface area (Å²) in [4.78, 5) is 27.7. The van der Waals surface area contributed by atoms with Crippen molar-refractivity contribution >= 4 is 11.8 Å². The second kappa shape index (κ2) is 3.84. The lowest BCUT2D eigenvalue weighted by molar-refractivity contribution is -0.160. The van der Waals surface area contributed by atoms with Crippen LogP contribution in [0, 0.1) is 0 Å². The Bertz CT molecular complexity index is 631. The van der Waals surface area contributed by atoms with Crippen LogP contribution in [0.1, 0.15) is 29.6 Å². The summed E-state index contributed by atoms with van der Waals surface area (Å²) in [6, 6.07) is 0. The Morgan fingerprint density at radius 2 is 2.00 bits per heavy atom. The first kappa shape index (κ1) is 12.8. The van der Waals surface area contributed by atoms with Crippen molar-refractivity contribution in [2.75, 3.05) is 19.6 Å². The highest BCUT2D eigenvalue weighted by atomic mass is 19.1. The Morgan fingerprint density at radius 3 is 2.48 bits per heavy atom. The van der Waals surface area contributed by atoms with Crippen molar-refractivity contribution in [2.45, 2.75) is 30.5 Å². The third kappa shape index (κ3) is 1.72. The Labute approximate surface area is 121 Å². The molecule has 3 heterocycles. The van der Waals surface area contributed by atoms with Crippen LogP contribution in [0.2, 0.25) is 0 Å². The van der Waals surface area contributed by atoms with Gasteiger partial charge in [-0.1, -0.05) is 0 Å². The molecule has 112 valence electrons. The lowest BCUT2D eigenvalue weighted by Gasteiger charge is -2.62. The number of nitrogens with zero attached hydrogens (tertiary/aromatic N) is 4. The second-order valence-corrected chi connectivity index (χ2v) is 6.46. The molecule has 1 aliphatic carbocycles. The minimum Gasteiger partial charge on any atom is -0.335 e. The Morgan fingerprint density at radius 1 is 1.29 bits per heavy atom. The van der Waals surface area contributed by atoms with Crippen molar-refractivity contribution < 1.29 is 14.0 Å². The predicted molar refractivity (Wildman–Crippen MR) is 71.2 cm³/mol. The summed E-state index contributed by atoms with van der Waals surface area (Å²) in [5, 5.41) is 4.01. The fourth-order valence-corrected chi connectivity index (χ4v) is 3.29. The Hall–Kier alpha value is -1.92. The molecule has 0 N–H and O–H groups in total. The van der Waals surface area contributed by atoms with E-state index in [2.05, 4.69) is 5.10 Å². The normalized spacial score (nSPS) is 24.5. The van der Waals surface area contributed by atoms with E-state index in [1.54, 1.807) is 33.9 Å². The van der Waals surface area contributed by atoms with Crippen LogP contribution in [-0.2, 0) is 11.8 Å². The van der Waals surface area contributed by atoms with Gasteiger partial charge in [0.15, 0.2) is 5.67 Å². The molecule has 2 saturated heterocycles. The number of halogens is 1. The standard InChI is InChI=1S/C14H17FN4O2/c1-17-7-10(6-16-17)11(20)19-5-4-13(19)8-18(9-13)12(21)14(15)2-3-14/h6-7H,2-5,8-9H2,1H3. The molecule has 0 bridgehead atoms. The quantitative estimate of drug-likeness (QED) is 0.790. The van der Waals surface area contributed by atoms with E-state index in [-0.39, 0.29) is 11.4 Å². The summed E-state index contributed by atoms with van der Waals surface area (Å²) in [5.74, 6) is -0.448. The molecular formula is C14H17FN4O2. The molecule has 1 saturated carbocycles. The van der Waals surface area contributed by atoms with Gasteiger partial charge < -0.3 is 9.80 Å². The van der Waals surface area contributed by atoms with Gasteiger partial charge >= 0.3 is 0 Å². The molecule has 21 heavy (non-hydrogen) atoms. The van der Waals surface area contributed by atoms with Crippen LogP contribution in [0.15, 0.2) is 12.4 Å². The van der Waals surface area contributed by atoms with E-state index in [0.29, 0.717) is 38.0 Å². The third-order valence-corrected chi connectivity index (χ3v) is 4.90. The monoisotopic (exact) mass is 292 g/mol. The molecule has 4 rings (SSSR count). The van der Waals surface area contributed by atoms with Crippen LogP contribution in [0.4, 0.5) is 4.39 Å². The Balaban J connectivity index is 1.44. The highest BCUT2D eigenvalue weighted by Gasteiger charge is 2.61. The number of hydrogen-bond donors (Lipinski definition) is 0. The topological polar surface area (TPSA) is 58.4 Å². The van der Waals surface area contributed by atoms with Crippen molar-refractivity contribution in [1.29, 1.82) is 0 Å². The molecule has 1 aromatic rings. The molecule has 7 heteroatoms. The fourth-order valence-electron chi connectivity index (χ4n) is 3.29. The molecule has 2 aliphatic heterocycles. The van der Waals surface area contributed by atoms with Gasteiger partial charge in [-0.15, -0.1) is 0 Å². The number of hydrogen-bond acceptors (Lipinski definition) is 3. The second-order valence-electron chi connectivity index (χ2n) is 6.46. The first-order chi connectivity index (χ1) is 9.93. The number of carbonyl (C=O) groups excluding carboxylic acids is 2. The predicted octanol–water partition coefficient (Wildman–Crippen LogP) is 0.349. The zero-order valence-corrected chi connectivity index (χ0v) is 11.9. The molecule has 1 spiro atoms. The summed E-state index contributed by atoms with van der Waals surface area (Å²) in [6.45, 7) is 1.61. The molecular weight excluding hydrogens is 275 g/mol. The van der Waals surface area contributed by atoms with E-state index in [4.69, 9.17) is 0 Å². The van der Waals surface area contributed by atoms with Crippen LogP contribution >= 0.6 is 0 Å². The van der Waals surface area contributed by atoms with Crippen LogP contribution in [-0.4, -0.2) is 62.2 Å². The average Bonchev–Trinajstić information content (AvgIpc) is 2.95. The zero-order valence-electron chi connectivity index (χ0n) is 11.9. The summed E-state index contributed by atoms with van der Waals surface area (Å²) in [5.41, 5.74) is -1.32. The van der Waals surface area contributed by atoms with E-state index in [1.165, 1.54) is 0 Å². The van der Waals surface area contributed by atoms with Gasteiger partial charge in [-0.05, 0) is 19.3 Å². The molecule has 3 fully saturated rings. The number of aromatic nitrogens is 2. The van der Waals surface area contributed by atoms with Crippen LogP contribution < -0.4 is 0 Å². The lowest BCUT2D eigenvalue weighted by Crippen LogP contribution is -2.79. The molecule has 6 nitrogen and oxygen atoms in total. The van der Waals surface area contributed by atoms with Crippen molar-refractivity contribution in [3.63, 3.8) is 0 Å². The van der Waals surface area contributed by atoms with E-state index >= 15 is 0 Å². The number of rotatable bonds is 2. The Kier molecular flexibility index (Phi) is 2.34. The lowest BCUT2D eigenvalue weighted by atomic mass is 9.76. The SMILES string of the molecule is Cn1cc(C(=O)N2CCC23CN(C(=O)C2(F)CC2)C3)cn1. The number of alkyl halides is 1. The maximum absolute atomic E-state index is 13.8. The van der Waals surface area contributed by atoms with Gasteiger partial charge in [0.05, 0.1) is 17.3 Å². The molecule has 0 aromatic carbocycles. The van der Waals surface area contributed by atoms with E-state index in [0.717, 1.165) is 6.42 Å². The largest absolute Gasteiger partial charge is 0.335 e. The fraction of sp³-hybridized carbons (Fsp3) is 0.643. The summed E-state index contributed by atoms with van der Waals surface area (Å²) < 4.78 is 15.4. The average molecular weight is 292 g/mol. The van der Waals surface area contributed by atoms with Crippen molar-refractivity contribution in [2.24, 2.45) is 7.05 Å². The third-order valence-electron chi connectivity index (χ3n) is 4.90. The maximum Gasteiger partial charge on any atom is 0.260 e. The van der Waals surface area contributed by atoms with E-state index in [9.17, 15) is 14.0 Å². The molecule has 3 aliphatic rings. The van der Waals surface area contributed by atoms with E-state index < -0.39 is 11.6 Å². The van der Waals surface area contributed by atoms with Gasteiger partial charge in [-0.25, -0.2) is 4.39 Å². The minimum absolute atomic E-state index is 0.0529. The number of likely N-dealkylation sites (tertiary alicyclic amines) is 2. The highest BCUT2D eigenvalue weighted by molar-refractivity contribution is 5.95. The summed E-state index contributed by atoms with van der Waals surface area (Å²) in [6.07, 6.45) is 4.80. The highest BCUT2D eigenvalue weighted by Crippen LogP contribution is 2.46. The van der Waals surface area contributed by atoms with Crippen molar-refractivity contribution in [3.8, 4) is 0 Å². The van der Waals surface area contributed by atoms with Crippen LogP contribution in [0.3, 0.4) is 0 Å². The summed E-state index contributed by atoms with van der Waals surface area (Å²) >= 11 is 0. The molecule has 0 radical (unpaired) electrons. The number of amides is 2. The van der Waals surface area contributed by atoms with Crippen molar-refractivity contribution in [1.82, 2.24) is 19.6 Å². The van der Waals surface area contributed by atoms with Gasteiger partial charge in [0.2, 0.25) is 0 Å². The first-order valence-electron chi connectivity index (χ1n) is 7.23. The number of carbonyl (C=O) groups is 2. The van der Waals surface area contributed by atoms with Gasteiger partial charge in [0.25, 0.3) is 11.8 Å². The smallest absolute Gasteiger partial charge is 0.260 e. The van der Waals surface area contributed by atoms with Gasteiger partial charge in [-0.2, -0.15) is 5.10 Å². The minimum atomic E-state index is -1.61. The molecule has 0 atom stereocenters. The molecule has 0 unspecified atom stereocenters. The summed E-state index contributed by atoms with van der Waals surface area (Å²) in [7, 11) is 1.77. The van der Waals surface area contributed by atoms with Gasteiger partial charge in [0, 0.05) is 32.9 Å². The van der Waals surface area contributed by atoms with Gasteiger partial charge in [-0.3, -0.25) is 14.3 Å². The maximum atomic E-state index is 13.8. The zero-order chi connectivity index (χ0) is 14.8. The molecule has 2 amide bonds. The number of aryl methyl sites for hydroxylation is 1. The van der Waals surface area contributed by atoms with Gasteiger partial charge in [0.1, 0.15) is 0 Å². The van der Waals surface area contributed by atoms with Crippen LogP contribution in [0.5, 0.6) is 0 Å². The van der Waals surface area contributed by atoms with Crippen molar-refractivity contribution in [3.05, 3.63) is 18.0 Å². The van der Waals surface area contributed by atoms with E-state index in [1.807, 2.05) is 0 Å². The first-order valence-corrected chi connectivity index (χ1v) is 7.23. The molecule has 1 aromatic heterocycles. The van der Waals surface area contributed by atoms with Crippen LogP contribution in [0.25, 0.3) is 0 Å².